The van der Waals surface area contributed by atoms with Gasteiger partial charge in [-0.2, -0.15) is 0 Å². The molecule has 2 aromatic rings. The van der Waals surface area contributed by atoms with Crippen molar-refractivity contribution in [3.63, 3.8) is 0 Å². The standard InChI is InChI=1S/C13H15N3O2S2/c1-16(13-15-8-12(19-13)20(14,17)18)11-7-6-9-4-2-3-5-10(9)11/h2-5,8,11H,6-7H2,1H3,(H2,14,17,18)/t11-/m1/s1. The summed E-state index contributed by atoms with van der Waals surface area (Å²) in [5, 5.41) is 5.80. The molecule has 106 valence electrons. The summed E-state index contributed by atoms with van der Waals surface area (Å²) in [6, 6.07) is 8.58. The van der Waals surface area contributed by atoms with Crippen LogP contribution < -0.4 is 10.0 Å². The maximum absolute atomic E-state index is 11.3. The topological polar surface area (TPSA) is 76.3 Å². The normalized spacial score (nSPS) is 18.0. The maximum atomic E-state index is 11.3. The van der Waals surface area contributed by atoms with Gasteiger partial charge in [-0.05, 0) is 24.0 Å². The molecule has 0 aliphatic heterocycles. The first-order chi connectivity index (χ1) is 9.47. The van der Waals surface area contributed by atoms with Gasteiger partial charge in [0.15, 0.2) is 9.34 Å². The van der Waals surface area contributed by atoms with Gasteiger partial charge in [0.25, 0.3) is 0 Å². The van der Waals surface area contributed by atoms with Crippen LogP contribution in [0.1, 0.15) is 23.6 Å². The number of fused-ring (bicyclic) bond motifs is 1. The quantitative estimate of drug-likeness (QED) is 0.939. The van der Waals surface area contributed by atoms with Crippen LogP contribution in [0.2, 0.25) is 0 Å². The predicted molar refractivity (Wildman–Crippen MR) is 79.4 cm³/mol. The fourth-order valence-corrected chi connectivity index (χ4v) is 4.17. The summed E-state index contributed by atoms with van der Waals surface area (Å²) < 4.78 is 22.7. The van der Waals surface area contributed by atoms with Crippen molar-refractivity contribution < 1.29 is 8.42 Å². The molecule has 5 nitrogen and oxygen atoms in total. The molecule has 0 saturated heterocycles. The molecule has 1 aromatic heterocycles. The Morgan fingerprint density at radius 2 is 2.15 bits per heavy atom. The number of aryl methyl sites for hydroxylation is 1. The molecule has 0 amide bonds. The highest BCUT2D eigenvalue weighted by Gasteiger charge is 2.27. The number of rotatable bonds is 3. The van der Waals surface area contributed by atoms with Gasteiger partial charge in [-0.3, -0.25) is 0 Å². The van der Waals surface area contributed by atoms with Gasteiger partial charge in [-0.25, -0.2) is 18.5 Å². The average Bonchev–Trinajstić information content (AvgIpc) is 3.04. The summed E-state index contributed by atoms with van der Waals surface area (Å²) in [5.41, 5.74) is 2.65. The van der Waals surface area contributed by atoms with Crippen molar-refractivity contribution in [3.05, 3.63) is 41.6 Å². The largest absolute Gasteiger partial charge is 0.344 e. The first kappa shape index (κ1) is 13.5. The van der Waals surface area contributed by atoms with Gasteiger partial charge in [0.1, 0.15) is 0 Å². The van der Waals surface area contributed by atoms with E-state index in [2.05, 4.69) is 17.1 Å². The molecule has 1 aliphatic rings. The van der Waals surface area contributed by atoms with E-state index < -0.39 is 10.0 Å². The Labute approximate surface area is 122 Å². The summed E-state index contributed by atoms with van der Waals surface area (Å²) in [5.74, 6) is 0. The molecular weight excluding hydrogens is 294 g/mol. The Morgan fingerprint density at radius 1 is 1.40 bits per heavy atom. The molecule has 20 heavy (non-hydrogen) atoms. The molecule has 2 N–H and O–H groups in total. The van der Waals surface area contributed by atoms with E-state index >= 15 is 0 Å². The van der Waals surface area contributed by atoms with Crippen molar-refractivity contribution in [1.29, 1.82) is 0 Å². The van der Waals surface area contributed by atoms with Crippen LogP contribution in [0.4, 0.5) is 5.13 Å². The summed E-state index contributed by atoms with van der Waals surface area (Å²) in [4.78, 5) is 6.22. The lowest BCUT2D eigenvalue weighted by atomic mass is 10.1. The van der Waals surface area contributed by atoms with E-state index in [9.17, 15) is 8.42 Å². The van der Waals surface area contributed by atoms with Gasteiger partial charge in [0.2, 0.25) is 10.0 Å². The third-order valence-corrected chi connectivity index (χ3v) is 6.12. The summed E-state index contributed by atoms with van der Waals surface area (Å²) >= 11 is 1.11. The van der Waals surface area contributed by atoms with Crippen molar-refractivity contribution >= 4 is 26.5 Å². The summed E-state index contributed by atoms with van der Waals surface area (Å²) in [7, 11) is -1.73. The number of aromatic nitrogens is 1. The van der Waals surface area contributed by atoms with Gasteiger partial charge < -0.3 is 4.90 Å². The third kappa shape index (κ3) is 2.32. The number of nitrogens with two attached hydrogens (primary N) is 1. The van der Waals surface area contributed by atoms with Crippen LogP contribution in [0.5, 0.6) is 0 Å². The first-order valence-corrected chi connectivity index (χ1v) is 8.62. The minimum absolute atomic E-state index is 0.102. The Bertz CT molecular complexity index is 740. The van der Waals surface area contributed by atoms with Crippen LogP contribution >= 0.6 is 11.3 Å². The lowest BCUT2D eigenvalue weighted by Crippen LogP contribution is -2.21. The summed E-state index contributed by atoms with van der Waals surface area (Å²) in [6.45, 7) is 0. The summed E-state index contributed by atoms with van der Waals surface area (Å²) in [6.07, 6.45) is 3.38. The number of primary sulfonamides is 1. The molecule has 1 heterocycles. The molecule has 0 saturated carbocycles. The van der Waals surface area contributed by atoms with E-state index in [1.807, 2.05) is 24.1 Å². The van der Waals surface area contributed by atoms with Crippen LogP contribution in [0.15, 0.2) is 34.7 Å². The lowest BCUT2D eigenvalue weighted by Gasteiger charge is -2.24. The van der Waals surface area contributed by atoms with E-state index in [-0.39, 0.29) is 10.3 Å². The zero-order valence-electron chi connectivity index (χ0n) is 11.0. The Balaban J connectivity index is 1.91. The Morgan fingerprint density at radius 3 is 2.85 bits per heavy atom. The fraction of sp³-hybridized carbons (Fsp3) is 0.308. The molecule has 0 radical (unpaired) electrons. The van der Waals surface area contributed by atoms with Crippen molar-refractivity contribution in [2.75, 3.05) is 11.9 Å². The van der Waals surface area contributed by atoms with Gasteiger partial charge >= 0.3 is 0 Å². The van der Waals surface area contributed by atoms with Crippen LogP contribution in [0, 0.1) is 0 Å². The molecule has 3 rings (SSSR count). The Hall–Kier alpha value is -1.44. The number of hydrogen-bond acceptors (Lipinski definition) is 5. The first-order valence-electron chi connectivity index (χ1n) is 6.26. The maximum Gasteiger partial charge on any atom is 0.249 e. The second-order valence-electron chi connectivity index (χ2n) is 4.87. The molecule has 0 bridgehead atoms. The molecule has 0 spiro atoms. The van der Waals surface area contributed by atoms with Crippen LogP contribution in [0.25, 0.3) is 0 Å². The molecule has 1 aromatic carbocycles. The van der Waals surface area contributed by atoms with Gasteiger partial charge in [-0.1, -0.05) is 35.6 Å². The van der Waals surface area contributed by atoms with Crippen molar-refractivity contribution in [2.45, 2.75) is 23.1 Å². The highest BCUT2D eigenvalue weighted by atomic mass is 32.2. The number of sulfonamides is 1. The van der Waals surface area contributed by atoms with Crippen molar-refractivity contribution in [2.24, 2.45) is 5.14 Å². The SMILES string of the molecule is CN(c1ncc(S(N)(=O)=O)s1)[C@@H]1CCc2ccccc21. The zero-order chi connectivity index (χ0) is 14.3. The monoisotopic (exact) mass is 309 g/mol. The average molecular weight is 309 g/mol. The zero-order valence-corrected chi connectivity index (χ0v) is 12.6. The molecule has 0 fully saturated rings. The van der Waals surface area contributed by atoms with Gasteiger partial charge in [0.05, 0.1) is 12.2 Å². The lowest BCUT2D eigenvalue weighted by molar-refractivity contribution is 0.599. The number of nitrogens with zero attached hydrogens (tertiary/aromatic N) is 2. The van der Waals surface area contributed by atoms with E-state index in [1.54, 1.807) is 0 Å². The second kappa shape index (κ2) is 4.83. The third-order valence-electron chi connectivity index (χ3n) is 3.62. The number of hydrogen-bond donors (Lipinski definition) is 1. The highest BCUT2D eigenvalue weighted by Crippen LogP contribution is 2.38. The number of thiazole rings is 1. The Kier molecular flexibility index (Phi) is 3.27. The minimum atomic E-state index is -3.67. The second-order valence-corrected chi connectivity index (χ2v) is 7.67. The molecule has 7 heteroatoms. The minimum Gasteiger partial charge on any atom is -0.344 e. The highest BCUT2D eigenvalue weighted by molar-refractivity contribution is 7.91. The molecule has 1 atom stereocenters. The van der Waals surface area contributed by atoms with E-state index in [1.165, 1.54) is 17.3 Å². The molecular formula is C13H15N3O2S2. The van der Waals surface area contributed by atoms with Crippen LogP contribution in [0.3, 0.4) is 0 Å². The smallest absolute Gasteiger partial charge is 0.249 e. The molecule has 1 aliphatic carbocycles. The number of benzene rings is 1. The van der Waals surface area contributed by atoms with E-state index in [0.717, 1.165) is 24.2 Å². The van der Waals surface area contributed by atoms with E-state index in [4.69, 9.17) is 5.14 Å². The van der Waals surface area contributed by atoms with Gasteiger partial charge in [-0.15, -0.1) is 0 Å². The van der Waals surface area contributed by atoms with Crippen LogP contribution in [-0.4, -0.2) is 20.4 Å². The molecule has 0 unspecified atom stereocenters. The van der Waals surface area contributed by atoms with Gasteiger partial charge in [0, 0.05) is 7.05 Å². The predicted octanol–water partition coefficient (Wildman–Crippen LogP) is 1.91. The number of anilines is 1. The van der Waals surface area contributed by atoms with Crippen molar-refractivity contribution in [1.82, 2.24) is 4.98 Å². The van der Waals surface area contributed by atoms with Crippen LogP contribution in [-0.2, 0) is 16.4 Å². The fourth-order valence-electron chi connectivity index (χ4n) is 2.62. The van der Waals surface area contributed by atoms with Crippen molar-refractivity contribution in [3.8, 4) is 0 Å². The van der Waals surface area contributed by atoms with E-state index in [0.29, 0.717) is 5.13 Å².